The minimum atomic E-state index is 0.761. The van der Waals surface area contributed by atoms with Gasteiger partial charge in [0.2, 0.25) is 0 Å². The van der Waals surface area contributed by atoms with Gasteiger partial charge in [-0.3, -0.25) is 4.68 Å². The summed E-state index contributed by atoms with van der Waals surface area (Å²) in [6.45, 7) is 8.71. The Hall–Kier alpha value is -0.830. The lowest BCUT2D eigenvalue weighted by Crippen LogP contribution is -2.26. The van der Waals surface area contributed by atoms with Gasteiger partial charge in [-0.15, -0.1) is 0 Å². The van der Waals surface area contributed by atoms with Crippen molar-refractivity contribution >= 4 is 0 Å². The minimum absolute atomic E-state index is 0.761. The fourth-order valence-electron chi connectivity index (χ4n) is 2.64. The number of nitrogens with one attached hydrogen (secondary N) is 1. The van der Waals surface area contributed by atoms with Gasteiger partial charge >= 0.3 is 0 Å². The van der Waals surface area contributed by atoms with Crippen molar-refractivity contribution in [1.82, 2.24) is 15.1 Å². The SMILES string of the molecule is CCCC(CNC1CC1)Cc1cc(C)nn1CC. The van der Waals surface area contributed by atoms with Crippen LogP contribution in [0.15, 0.2) is 6.07 Å². The van der Waals surface area contributed by atoms with E-state index in [4.69, 9.17) is 0 Å². The number of nitrogens with zero attached hydrogens (tertiary/aromatic N) is 2. The smallest absolute Gasteiger partial charge is 0.0596 e. The summed E-state index contributed by atoms with van der Waals surface area (Å²) in [5, 5.41) is 8.22. The molecule has 1 aromatic rings. The van der Waals surface area contributed by atoms with E-state index < -0.39 is 0 Å². The molecule has 1 heterocycles. The van der Waals surface area contributed by atoms with Crippen molar-refractivity contribution in [3.63, 3.8) is 0 Å². The van der Waals surface area contributed by atoms with Crippen LogP contribution in [0.25, 0.3) is 0 Å². The summed E-state index contributed by atoms with van der Waals surface area (Å²) in [5.74, 6) is 0.761. The van der Waals surface area contributed by atoms with Gasteiger partial charge in [0.05, 0.1) is 5.69 Å². The topological polar surface area (TPSA) is 29.9 Å². The van der Waals surface area contributed by atoms with Gasteiger partial charge in [-0.2, -0.15) is 5.10 Å². The van der Waals surface area contributed by atoms with Crippen LogP contribution in [-0.2, 0) is 13.0 Å². The number of aromatic nitrogens is 2. The molecule has 1 aliphatic rings. The Morgan fingerprint density at radius 1 is 1.44 bits per heavy atom. The van der Waals surface area contributed by atoms with Crippen LogP contribution in [0.2, 0.25) is 0 Å². The normalized spacial score (nSPS) is 17.1. The largest absolute Gasteiger partial charge is 0.314 e. The molecule has 102 valence electrons. The lowest BCUT2D eigenvalue weighted by atomic mass is 9.97. The van der Waals surface area contributed by atoms with Gasteiger partial charge in [0.15, 0.2) is 0 Å². The number of rotatable bonds is 8. The summed E-state index contributed by atoms with van der Waals surface area (Å²) in [6.07, 6.45) is 6.52. The summed E-state index contributed by atoms with van der Waals surface area (Å²) in [5.41, 5.74) is 2.56. The molecule has 1 fully saturated rings. The quantitative estimate of drug-likeness (QED) is 0.767. The minimum Gasteiger partial charge on any atom is -0.314 e. The molecule has 3 nitrogen and oxygen atoms in total. The van der Waals surface area contributed by atoms with E-state index >= 15 is 0 Å². The van der Waals surface area contributed by atoms with E-state index in [-0.39, 0.29) is 0 Å². The second-order valence-corrected chi connectivity index (χ2v) is 5.63. The third-order valence-corrected chi connectivity index (χ3v) is 3.75. The summed E-state index contributed by atoms with van der Waals surface area (Å²) >= 11 is 0. The van der Waals surface area contributed by atoms with E-state index in [1.165, 1.54) is 44.3 Å². The van der Waals surface area contributed by atoms with E-state index in [0.717, 1.165) is 24.2 Å². The molecule has 0 bridgehead atoms. The van der Waals surface area contributed by atoms with Gasteiger partial charge in [0.25, 0.3) is 0 Å². The van der Waals surface area contributed by atoms with Crippen molar-refractivity contribution in [2.75, 3.05) is 6.54 Å². The van der Waals surface area contributed by atoms with Crippen molar-refractivity contribution in [1.29, 1.82) is 0 Å². The number of aryl methyl sites for hydroxylation is 2. The van der Waals surface area contributed by atoms with Gasteiger partial charge in [-0.05, 0) is 58.1 Å². The molecule has 2 rings (SSSR count). The Morgan fingerprint density at radius 3 is 2.83 bits per heavy atom. The lowest BCUT2D eigenvalue weighted by molar-refractivity contribution is 0.423. The third-order valence-electron chi connectivity index (χ3n) is 3.75. The second-order valence-electron chi connectivity index (χ2n) is 5.63. The summed E-state index contributed by atoms with van der Waals surface area (Å²) in [4.78, 5) is 0. The van der Waals surface area contributed by atoms with Crippen LogP contribution in [0.3, 0.4) is 0 Å². The molecule has 0 radical (unpaired) electrons. The zero-order valence-electron chi connectivity index (χ0n) is 12.1. The van der Waals surface area contributed by atoms with Crippen molar-refractivity contribution in [3.05, 3.63) is 17.5 Å². The van der Waals surface area contributed by atoms with Gasteiger partial charge in [-0.25, -0.2) is 0 Å². The maximum absolute atomic E-state index is 4.55. The van der Waals surface area contributed by atoms with Gasteiger partial charge < -0.3 is 5.32 Å². The van der Waals surface area contributed by atoms with E-state index in [9.17, 15) is 0 Å². The monoisotopic (exact) mass is 249 g/mol. The molecule has 0 aromatic carbocycles. The van der Waals surface area contributed by atoms with Gasteiger partial charge in [-0.1, -0.05) is 13.3 Å². The molecule has 1 N–H and O–H groups in total. The van der Waals surface area contributed by atoms with Crippen LogP contribution in [-0.4, -0.2) is 22.4 Å². The van der Waals surface area contributed by atoms with Gasteiger partial charge in [0.1, 0.15) is 0 Å². The molecule has 3 heteroatoms. The summed E-state index contributed by atoms with van der Waals surface area (Å²) in [7, 11) is 0. The molecule has 0 saturated heterocycles. The molecular formula is C15H27N3. The Bertz CT molecular complexity index is 366. The molecule has 1 aromatic heterocycles. The average Bonchev–Trinajstić information content (AvgIpc) is 3.10. The fraction of sp³-hybridized carbons (Fsp3) is 0.800. The predicted molar refractivity (Wildman–Crippen MR) is 75.8 cm³/mol. The predicted octanol–water partition coefficient (Wildman–Crippen LogP) is 2.92. The molecule has 1 atom stereocenters. The molecule has 1 aliphatic carbocycles. The first-order valence-electron chi connectivity index (χ1n) is 7.49. The number of hydrogen-bond donors (Lipinski definition) is 1. The van der Waals surface area contributed by atoms with Crippen molar-refractivity contribution in [2.24, 2.45) is 5.92 Å². The van der Waals surface area contributed by atoms with Crippen LogP contribution in [0.4, 0.5) is 0 Å². The zero-order valence-corrected chi connectivity index (χ0v) is 12.1. The Morgan fingerprint density at radius 2 is 2.22 bits per heavy atom. The highest BCUT2D eigenvalue weighted by molar-refractivity contribution is 5.10. The van der Waals surface area contributed by atoms with Crippen molar-refractivity contribution in [2.45, 2.75) is 65.5 Å². The molecule has 1 unspecified atom stereocenters. The first-order chi connectivity index (χ1) is 8.72. The van der Waals surface area contributed by atoms with Crippen molar-refractivity contribution in [3.8, 4) is 0 Å². The highest BCUT2D eigenvalue weighted by Gasteiger charge is 2.22. The summed E-state index contributed by atoms with van der Waals surface area (Å²) < 4.78 is 2.16. The first-order valence-corrected chi connectivity index (χ1v) is 7.49. The van der Waals surface area contributed by atoms with E-state index in [1.54, 1.807) is 0 Å². The highest BCUT2D eigenvalue weighted by Crippen LogP contribution is 2.21. The standard InChI is InChI=1S/C15H27N3/c1-4-6-13(11-16-14-7-8-14)10-15-9-12(3)17-18(15)5-2/h9,13-14,16H,4-8,10-11H2,1-3H3. The first kappa shape index (κ1) is 13.6. The molecule has 0 aliphatic heterocycles. The molecule has 0 amide bonds. The second kappa shape index (κ2) is 6.37. The van der Waals surface area contributed by atoms with Crippen LogP contribution < -0.4 is 5.32 Å². The Labute approximate surface area is 111 Å². The zero-order chi connectivity index (χ0) is 13.0. The van der Waals surface area contributed by atoms with Crippen LogP contribution >= 0.6 is 0 Å². The average molecular weight is 249 g/mol. The Balaban J connectivity index is 1.92. The fourth-order valence-corrected chi connectivity index (χ4v) is 2.64. The maximum atomic E-state index is 4.55. The van der Waals surface area contributed by atoms with Crippen LogP contribution in [0, 0.1) is 12.8 Å². The Kier molecular flexibility index (Phi) is 4.81. The maximum Gasteiger partial charge on any atom is 0.0596 e. The van der Waals surface area contributed by atoms with Crippen molar-refractivity contribution < 1.29 is 0 Å². The highest BCUT2D eigenvalue weighted by atomic mass is 15.3. The van der Waals surface area contributed by atoms with E-state index in [0.29, 0.717) is 0 Å². The third kappa shape index (κ3) is 3.84. The van der Waals surface area contributed by atoms with E-state index in [2.05, 4.69) is 41.9 Å². The molecular weight excluding hydrogens is 222 g/mol. The summed E-state index contributed by atoms with van der Waals surface area (Å²) in [6, 6.07) is 3.07. The molecule has 0 spiro atoms. The number of hydrogen-bond acceptors (Lipinski definition) is 2. The van der Waals surface area contributed by atoms with Crippen LogP contribution in [0.5, 0.6) is 0 Å². The van der Waals surface area contributed by atoms with Gasteiger partial charge in [0, 0.05) is 18.3 Å². The van der Waals surface area contributed by atoms with E-state index in [1.807, 2.05) is 0 Å². The lowest BCUT2D eigenvalue weighted by Gasteiger charge is -2.17. The molecule has 18 heavy (non-hydrogen) atoms. The van der Waals surface area contributed by atoms with Crippen LogP contribution in [0.1, 0.15) is 50.9 Å². The molecule has 1 saturated carbocycles.